The van der Waals surface area contributed by atoms with Crippen molar-refractivity contribution in [2.24, 2.45) is 0 Å². The zero-order valence-electron chi connectivity index (χ0n) is 13.5. The van der Waals surface area contributed by atoms with Crippen LogP contribution in [-0.4, -0.2) is 34.4 Å². The first-order valence-electron chi connectivity index (χ1n) is 7.98. The monoisotopic (exact) mass is 423 g/mol. The number of nitrogens with one attached hydrogen (secondary N) is 1. The van der Waals surface area contributed by atoms with Gasteiger partial charge in [0.1, 0.15) is 6.54 Å². The van der Waals surface area contributed by atoms with E-state index in [2.05, 4.69) is 32.7 Å². The van der Waals surface area contributed by atoms with Gasteiger partial charge in [0.25, 0.3) is 5.56 Å². The van der Waals surface area contributed by atoms with Crippen LogP contribution in [0.2, 0.25) is 0 Å². The van der Waals surface area contributed by atoms with Crippen LogP contribution in [0.5, 0.6) is 0 Å². The topological polar surface area (TPSA) is 71.4 Å². The summed E-state index contributed by atoms with van der Waals surface area (Å²) < 4.78 is 2.05. The number of hydrogen-bond donors (Lipinski definition) is 1. The smallest absolute Gasteiger partial charge is 0.251 e. The maximum absolute atomic E-state index is 12.3. The van der Waals surface area contributed by atoms with Gasteiger partial charge in [0.05, 0.1) is 0 Å². The maximum Gasteiger partial charge on any atom is 0.251 e. The quantitative estimate of drug-likeness (QED) is 0.796. The zero-order chi connectivity index (χ0) is 17.8. The van der Waals surface area contributed by atoms with Crippen molar-refractivity contribution < 1.29 is 9.59 Å². The van der Waals surface area contributed by atoms with Crippen LogP contribution < -0.4 is 10.9 Å². The third kappa shape index (κ3) is 4.58. The van der Waals surface area contributed by atoms with Crippen molar-refractivity contribution >= 4 is 39.1 Å². The first-order chi connectivity index (χ1) is 12.0. The number of aromatic nitrogens is 1. The summed E-state index contributed by atoms with van der Waals surface area (Å²) in [6.07, 6.45) is 2.73. The molecule has 2 aromatic rings. The fourth-order valence-corrected chi connectivity index (χ4v) is 4.03. The number of hydrogen-bond acceptors (Lipinski definition) is 4. The minimum absolute atomic E-state index is 0.0387. The van der Waals surface area contributed by atoms with Crippen LogP contribution in [0.3, 0.4) is 0 Å². The van der Waals surface area contributed by atoms with Crippen LogP contribution in [0.1, 0.15) is 16.9 Å². The lowest BCUT2D eigenvalue weighted by Gasteiger charge is -2.27. The van der Waals surface area contributed by atoms with Gasteiger partial charge in [-0.05, 0) is 45.4 Å². The van der Waals surface area contributed by atoms with Gasteiger partial charge in [-0.25, -0.2) is 0 Å². The second kappa shape index (κ2) is 7.97. The number of nitrogens with zero attached hydrogens (tertiary/aromatic N) is 2. The third-order valence-electron chi connectivity index (χ3n) is 4.08. The van der Waals surface area contributed by atoms with E-state index in [4.69, 9.17) is 0 Å². The third-order valence-corrected chi connectivity index (χ3v) is 5.57. The summed E-state index contributed by atoms with van der Waals surface area (Å²) in [5.74, 6) is -0.247. The second-order valence-electron chi connectivity index (χ2n) is 5.85. The highest BCUT2D eigenvalue weighted by atomic mass is 79.9. The van der Waals surface area contributed by atoms with Crippen LogP contribution in [0.15, 0.2) is 39.0 Å². The molecule has 0 saturated heterocycles. The molecule has 1 aliphatic heterocycles. The lowest BCUT2D eigenvalue weighted by atomic mass is 10.1. The molecule has 0 radical (unpaired) electrons. The lowest BCUT2D eigenvalue weighted by molar-refractivity contribution is -0.132. The number of thiophene rings is 1. The number of halogens is 1. The maximum atomic E-state index is 12.3. The number of amides is 2. The Morgan fingerprint density at radius 1 is 1.28 bits per heavy atom. The van der Waals surface area contributed by atoms with Crippen molar-refractivity contribution in [3.8, 4) is 0 Å². The SMILES string of the molecule is O=C(Cn1cc(Br)ccc1=O)NCCC(=O)N1CCc2sccc2C1. The zero-order valence-corrected chi connectivity index (χ0v) is 15.9. The van der Waals surface area contributed by atoms with Gasteiger partial charge in [0.2, 0.25) is 11.8 Å². The number of fused-ring (bicyclic) bond motifs is 1. The first-order valence-corrected chi connectivity index (χ1v) is 9.66. The molecule has 132 valence electrons. The largest absolute Gasteiger partial charge is 0.354 e. The van der Waals surface area contributed by atoms with E-state index in [0.717, 1.165) is 17.4 Å². The average Bonchev–Trinajstić information content (AvgIpc) is 3.05. The Balaban J connectivity index is 1.45. The molecule has 2 amide bonds. The summed E-state index contributed by atoms with van der Waals surface area (Å²) in [5, 5.41) is 4.76. The van der Waals surface area contributed by atoms with Gasteiger partial charge >= 0.3 is 0 Å². The molecule has 0 unspecified atom stereocenters. The van der Waals surface area contributed by atoms with Crippen molar-refractivity contribution in [2.75, 3.05) is 13.1 Å². The van der Waals surface area contributed by atoms with Crippen LogP contribution >= 0.6 is 27.3 Å². The molecule has 0 saturated carbocycles. The van der Waals surface area contributed by atoms with Crippen molar-refractivity contribution in [1.82, 2.24) is 14.8 Å². The molecule has 0 spiro atoms. The molecule has 0 fully saturated rings. The fraction of sp³-hybridized carbons (Fsp3) is 0.353. The van der Waals surface area contributed by atoms with Gasteiger partial charge in [0, 0.05) is 47.7 Å². The van der Waals surface area contributed by atoms with Crippen molar-refractivity contribution in [1.29, 1.82) is 0 Å². The summed E-state index contributed by atoms with van der Waals surface area (Å²) in [6, 6.07) is 5.10. The van der Waals surface area contributed by atoms with E-state index in [1.807, 2.05) is 4.90 Å². The Labute approximate surface area is 157 Å². The Bertz CT molecular complexity index is 846. The molecule has 0 aliphatic carbocycles. The van der Waals surface area contributed by atoms with E-state index in [1.54, 1.807) is 23.6 Å². The van der Waals surface area contributed by atoms with E-state index >= 15 is 0 Å². The highest BCUT2D eigenvalue weighted by Gasteiger charge is 2.21. The van der Waals surface area contributed by atoms with E-state index in [1.165, 1.54) is 21.1 Å². The summed E-state index contributed by atoms with van der Waals surface area (Å²) in [7, 11) is 0. The Kier molecular flexibility index (Phi) is 5.70. The lowest BCUT2D eigenvalue weighted by Crippen LogP contribution is -2.38. The Morgan fingerprint density at radius 2 is 2.12 bits per heavy atom. The molecule has 2 aromatic heterocycles. The van der Waals surface area contributed by atoms with Gasteiger partial charge in [-0.3, -0.25) is 14.4 Å². The second-order valence-corrected chi connectivity index (χ2v) is 7.76. The standard InChI is InChI=1S/C17H18BrN3O3S/c18-13-1-2-16(23)21(10-13)11-15(22)19-6-3-17(24)20-7-4-14-12(9-20)5-8-25-14/h1-2,5,8,10H,3-4,6-7,9,11H2,(H,19,22). The van der Waals surface area contributed by atoms with E-state index in [-0.39, 0.29) is 36.9 Å². The molecule has 0 atom stereocenters. The van der Waals surface area contributed by atoms with Gasteiger partial charge < -0.3 is 14.8 Å². The summed E-state index contributed by atoms with van der Waals surface area (Å²) in [4.78, 5) is 39.1. The molecule has 3 heterocycles. The van der Waals surface area contributed by atoms with Crippen LogP contribution in [0.25, 0.3) is 0 Å². The van der Waals surface area contributed by atoms with Crippen LogP contribution in [0, 0.1) is 0 Å². The number of carbonyl (C=O) groups excluding carboxylic acids is 2. The average molecular weight is 424 g/mol. The molecule has 8 heteroatoms. The predicted octanol–water partition coefficient (Wildman–Crippen LogP) is 1.76. The normalized spacial score (nSPS) is 13.4. The van der Waals surface area contributed by atoms with Gasteiger partial charge in [0.15, 0.2) is 0 Å². The summed E-state index contributed by atoms with van der Waals surface area (Å²) in [5.41, 5.74) is 0.983. The van der Waals surface area contributed by atoms with Crippen molar-refractivity contribution in [3.63, 3.8) is 0 Å². The van der Waals surface area contributed by atoms with Gasteiger partial charge in [-0.1, -0.05) is 0 Å². The molecule has 6 nitrogen and oxygen atoms in total. The van der Waals surface area contributed by atoms with Crippen LogP contribution in [-0.2, 0) is 29.1 Å². The predicted molar refractivity (Wildman–Crippen MR) is 99.5 cm³/mol. The van der Waals surface area contributed by atoms with Gasteiger partial charge in [-0.2, -0.15) is 0 Å². The summed E-state index contributed by atoms with van der Waals surface area (Å²) in [6.45, 7) is 1.59. The molecule has 0 bridgehead atoms. The first kappa shape index (κ1) is 17.9. The molecular weight excluding hydrogens is 406 g/mol. The molecule has 0 aromatic carbocycles. The minimum atomic E-state index is -0.285. The van der Waals surface area contributed by atoms with Crippen molar-refractivity contribution in [2.45, 2.75) is 25.9 Å². The highest BCUT2D eigenvalue weighted by molar-refractivity contribution is 9.10. The number of rotatable bonds is 5. The Hall–Kier alpha value is -1.93. The highest BCUT2D eigenvalue weighted by Crippen LogP contribution is 2.24. The molecular formula is C17H18BrN3O3S. The molecule has 1 N–H and O–H groups in total. The number of carbonyl (C=O) groups is 2. The van der Waals surface area contributed by atoms with Crippen molar-refractivity contribution in [3.05, 3.63) is 55.0 Å². The fourth-order valence-electron chi connectivity index (χ4n) is 2.76. The molecule has 25 heavy (non-hydrogen) atoms. The Morgan fingerprint density at radius 3 is 2.96 bits per heavy atom. The molecule has 1 aliphatic rings. The number of pyridine rings is 1. The van der Waals surface area contributed by atoms with E-state index in [9.17, 15) is 14.4 Å². The van der Waals surface area contributed by atoms with E-state index in [0.29, 0.717) is 6.54 Å². The summed E-state index contributed by atoms with van der Waals surface area (Å²) >= 11 is 5.01. The van der Waals surface area contributed by atoms with Gasteiger partial charge in [-0.15, -0.1) is 11.3 Å². The molecule has 3 rings (SSSR count). The van der Waals surface area contributed by atoms with E-state index < -0.39 is 0 Å². The van der Waals surface area contributed by atoms with Crippen LogP contribution in [0.4, 0.5) is 0 Å². The minimum Gasteiger partial charge on any atom is -0.354 e.